The van der Waals surface area contributed by atoms with Crippen LogP contribution in [-0.4, -0.2) is 4.57 Å². The Hall–Kier alpha value is -0.760. The number of aryl methyl sites for hydroxylation is 1. The van der Waals surface area contributed by atoms with Gasteiger partial charge in [-0.2, -0.15) is 0 Å². The molecule has 0 bridgehead atoms. The molecule has 0 saturated carbocycles. The minimum Gasteiger partial charge on any atom is -0.354 e. The lowest BCUT2D eigenvalue weighted by Crippen LogP contribution is -2.08. The minimum absolute atomic E-state index is 0.224. The maximum absolute atomic E-state index is 6.08. The maximum Gasteiger partial charge on any atom is 0.0309 e. The predicted molar refractivity (Wildman–Crippen MR) is 70.4 cm³/mol. The molecule has 2 heteroatoms. The molecular weight excluding hydrogens is 196 g/mol. The smallest absolute Gasteiger partial charge is 0.0309 e. The largest absolute Gasteiger partial charge is 0.354 e. The zero-order valence-corrected chi connectivity index (χ0v) is 10.8. The van der Waals surface area contributed by atoms with Crippen LogP contribution in [0.1, 0.15) is 64.0 Å². The van der Waals surface area contributed by atoms with Gasteiger partial charge in [0.25, 0.3) is 0 Å². The monoisotopic (exact) mass is 222 g/mol. The second-order valence-electron chi connectivity index (χ2n) is 4.64. The van der Waals surface area contributed by atoms with Crippen molar-refractivity contribution in [2.45, 2.75) is 65.0 Å². The summed E-state index contributed by atoms with van der Waals surface area (Å²) in [6.07, 6.45) is 11.9. The lowest BCUT2D eigenvalue weighted by molar-refractivity contribution is 0.580. The molecule has 0 radical (unpaired) electrons. The molecule has 0 saturated heterocycles. The fourth-order valence-electron chi connectivity index (χ4n) is 2.02. The topological polar surface area (TPSA) is 30.9 Å². The van der Waals surface area contributed by atoms with E-state index >= 15 is 0 Å². The molecule has 0 spiro atoms. The van der Waals surface area contributed by atoms with E-state index in [1.54, 1.807) is 0 Å². The Kier molecular flexibility index (Phi) is 6.24. The molecule has 0 aromatic carbocycles. The van der Waals surface area contributed by atoms with Gasteiger partial charge in [-0.3, -0.25) is 0 Å². The van der Waals surface area contributed by atoms with Gasteiger partial charge >= 0.3 is 0 Å². The fraction of sp³-hybridized carbons (Fsp3) is 0.714. The Labute approximate surface area is 99.8 Å². The standard InChI is InChI=1S/C14H26N2/c1-3-5-6-7-10-16-11-9-13(12-16)14(15)8-4-2/h9,11-12,14H,3-8,10,15H2,1-2H3. The highest BCUT2D eigenvalue weighted by atomic mass is 14.9. The van der Waals surface area contributed by atoms with E-state index in [0.29, 0.717) is 0 Å². The molecule has 1 unspecified atom stereocenters. The molecule has 0 aliphatic rings. The van der Waals surface area contributed by atoms with Crippen molar-refractivity contribution in [2.24, 2.45) is 5.73 Å². The van der Waals surface area contributed by atoms with Crippen molar-refractivity contribution >= 4 is 0 Å². The van der Waals surface area contributed by atoms with Crippen LogP contribution < -0.4 is 5.73 Å². The third-order valence-corrected chi connectivity index (χ3v) is 3.07. The van der Waals surface area contributed by atoms with E-state index in [-0.39, 0.29) is 6.04 Å². The lowest BCUT2D eigenvalue weighted by atomic mass is 10.1. The molecule has 1 aromatic heterocycles. The van der Waals surface area contributed by atoms with Crippen LogP contribution in [0.2, 0.25) is 0 Å². The summed E-state index contributed by atoms with van der Waals surface area (Å²) in [5.74, 6) is 0. The molecule has 1 heterocycles. The van der Waals surface area contributed by atoms with E-state index < -0.39 is 0 Å². The van der Waals surface area contributed by atoms with Crippen molar-refractivity contribution in [3.8, 4) is 0 Å². The van der Waals surface area contributed by atoms with Crippen LogP contribution >= 0.6 is 0 Å². The van der Waals surface area contributed by atoms with Crippen molar-refractivity contribution < 1.29 is 0 Å². The molecule has 16 heavy (non-hydrogen) atoms. The molecule has 92 valence electrons. The van der Waals surface area contributed by atoms with Crippen LogP contribution in [0.25, 0.3) is 0 Å². The molecule has 1 aromatic rings. The van der Waals surface area contributed by atoms with Gasteiger partial charge in [-0.25, -0.2) is 0 Å². The number of nitrogens with zero attached hydrogens (tertiary/aromatic N) is 1. The average Bonchev–Trinajstić information content (AvgIpc) is 2.73. The molecule has 1 atom stereocenters. The first-order chi connectivity index (χ1) is 7.77. The molecule has 1 rings (SSSR count). The molecule has 0 aliphatic carbocycles. The van der Waals surface area contributed by atoms with Gasteiger partial charge in [0.15, 0.2) is 0 Å². The summed E-state index contributed by atoms with van der Waals surface area (Å²) >= 11 is 0. The average molecular weight is 222 g/mol. The number of aromatic nitrogens is 1. The van der Waals surface area contributed by atoms with Crippen LogP contribution in [0.4, 0.5) is 0 Å². The summed E-state index contributed by atoms with van der Waals surface area (Å²) in [5, 5.41) is 0. The van der Waals surface area contributed by atoms with Gasteiger partial charge < -0.3 is 10.3 Å². The van der Waals surface area contributed by atoms with E-state index in [2.05, 4.69) is 36.9 Å². The van der Waals surface area contributed by atoms with Gasteiger partial charge in [0.2, 0.25) is 0 Å². The molecule has 0 aliphatic heterocycles. The van der Waals surface area contributed by atoms with Crippen LogP contribution in [0, 0.1) is 0 Å². The Morgan fingerprint density at radius 2 is 2.00 bits per heavy atom. The van der Waals surface area contributed by atoms with E-state index in [9.17, 15) is 0 Å². The van der Waals surface area contributed by atoms with Crippen LogP contribution in [-0.2, 0) is 6.54 Å². The van der Waals surface area contributed by atoms with Gasteiger partial charge in [-0.1, -0.05) is 39.5 Å². The molecule has 0 amide bonds. The number of unbranched alkanes of at least 4 members (excludes halogenated alkanes) is 3. The van der Waals surface area contributed by atoms with Crippen molar-refractivity contribution in [3.63, 3.8) is 0 Å². The van der Waals surface area contributed by atoms with Gasteiger partial charge in [0, 0.05) is 25.0 Å². The minimum atomic E-state index is 0.224. The van der Waals surface area contributed by atoms with Gasteiger partial charge in [0.1, 0.15) is 0 Å². The van der Waals surface area contributed by atoms with Gasteiger partial charge in [-0.15, -0.1) is 0 Å². The third kappa shape index (κ3) is 4.40. The number of nitrogens with two attached hydrogens (primary N) is 1. The first-order valence-corrected chi connectivity index (χ1v) is 6.69. The first kappa shape index (κ1) is 13.3. The molecule has 2 N–H and O–H groups in total. The summed E-state index contributed by atoms with van der Waals surface area (Å²) in [5.41, 5.74) is 7.37. The molecule has 0 fully saturated rings. The predicted octanol–water partition coefficient (Wildman–Crippen LogP) is 3.87. The van der Waals surface area contributed by atoms with Gasteiger partial charge in [0.05, 0.1) is 0 Å². The lowest BCUT2D eigenvalue weighted by Gasteiger charge is -2.07. The van der Waals surface area contributed by atoms with Crippen molar-refractivity contribution in [1.82, 2.24) is 4.57 Å². The van der Waals surface area contributed by atoms with E-state index in [0.717, 1.165) is 19.4 Å². The summed E-state index contributed by atoms with van der Waals surface area (Å²) in [6, 6.07) is 2.39. The number of rotatable bonds is 8. The Morgan fingerprint density at radius 1 is 1.19 bits per heavy atom. The number of hydrogen-bond acceptors (Lipinski definition) is 1. The summed E-state index contributed by atoms with van der Waals surface area (Å²) in [7, 11) is 0. The molecular formula is C14H26N2. The maximum atomic E-state index is 6.08. The van der Waals surface area contributed by atoms with E-state index in [4.69, 9.17) is 5.73 Å². The van der Waals surface area contributed by atoms with Crippen molar-refractivity contribution in [3.05, 3.63) is 24.0 Å². The zero-order chi connectivity index (χ0) is 11.8. The fourth-order valence-corrected chi connectivity index (χ4v) is 2.02. The van der Waals surface area contributed by atoms with Crippen molar-refractivity contribution in [1.29, 1.82) is 0 Å². The van der Waals surface area contributed by atoms with Crippen molar-refractivity contribution in [2.75, 3.05) is 0 Å². The summed E-state index contributed by atoms with van der Waals surface area (Å²) in [6.45, 7) is 5.57. The first-order valence-electron chi connectivity index (χ1n) is 6.69. The third-order valence-electron chi connectivity index (χ3n) is 3.07. The number of hydrogen-bond donors (Lipinski definition) is 1. The van der Waals surface area contributed by atoms with Crippen LogP contribution in [0.15, 0.2) is 18.5 Å². The Bertz CT molecular complexity index is 278. The zero-order valence-electron chi connectivity index (χ0n) is 10.8. The Balaban J connectivity index is 2.33. The Morgan fingerprint density at radius 3 is 2.69 bits per heavy atom. The SMILES string of the molecule is CCCCCCn1ccc(C(N)CCC)c1. The van der Waals surface area contributed by atoms with E-state index in [1.165, 1.54) is 31.2 Å². The van der Waals surface area contributed by atoms with E-state index in [1.807, 2.05) is 0 Å². The summed E-state index contributed by atoms with van der Waals surface area (Å²) in [4.78, 5) is 0. The highest BCUT2D eigenvalue weighted by molar-refractivity contribution is 5.14. The highest BCUT2D eigenvalue weighted by Gasteiger charge is 2.05. The highest BCUT2D eigenvalue weighted by Crippen LogP contribution is 2.16. The van der Waals surface area contributed by atoms with Crippen LogP contribution in [0.3, 0.4) is 0 Å². The molecule has 2 nitrogen and oxygen atoms in total. The quantitative estimate of drug-likeness (QED) is 0.665. The van der Waals surface area contributed by atoms with Gasteiger partial charge in [-0.05, 0) is 24.5 Å². The second-order valence-corrected chi connectivity index (χ2v) is 4.64. The normalized spacial score (nSPS) is 12.9. The summed E-state index contributed by atoms with van der Waals surface area (Å²) < 4.78 is 2.28. The van der Waals surface area contributed by atoms with Crippen LogP contribution in [0.5, 0.6) is 0 Å². The second kappa shape index (κ2) is 7.50.